The normalized spacial score (nSPS) is 11.5. The summed E-state index contributed by atoms with van der Waals surface area (Å²) in [4.78, 5) is 4.06. The van der Waals surface area contributed by atoms with Crippen molar-refractivity contribution in [1.29, 1.82) is 0 Å². The second kappa shape index (κ2) is 8.25. The minimum atomic E-state index is 1.08. The van der Waals surface area contributed by atoms with Crippen LogP contribution in [-0.2, 0) is 0 Å². The molecule has 0 spiro atoms. The number of unbranched alkanes of at least 4 members (excludes halogenated alkanes) is 2. The predicted octanol–water partition coefficient (Wildman–Crippen LogP) is 3.73. The fourth-order valence-electron chi connectivity index (χ4n) is 0.901. The first-order valence-electron chi connectivity index (χ1n) is 4.63. The Balaban J connectivity index is 3.45. The summed E-state index contributed by atoms with van der Waals surface area (Å²) in [5.74, 6) is 0. The van der Waals surface area contributed by atoms with Gasteiger partial charge in [0.05, 0.1) is 0 Å². The van der Waals surface area contributed by atoms with Gasteiger partial charge in [-0.1, -0.05) is 32.4 Å². The molecule has 12 heavy (non-hydrogen) atoms. The molecule has 0 aromatic carbocycles. The third kappa shape index (κ3) is 7.26. The summed E-state index contributed by atoms with van der Waals surface area (Å²) >= 11 is 0. The van der Waals surface area contributed by atoms with Gasteiger partial charge >= 0.3 is 0 Å². The van der Waals surface area contributed by atoms with Crippen molar-refractivity contribution in [1.82, 2.24) is 0 Å². The first-order chi connectivity index (χ1) is 5.81. The summed E-state index contributed by atoms with van der Waals surface area (Å²) in [5.41, 5.74) is 1.13. The highest BCUT2D eigenvalue weighted by Crippen LogP contribution is 2.04. The van der Waals surface area contributed by atoms with E-state index in [1.165, 1.54) is 19.3 Å². The first-order valence-corrected chi connectivity index (χ1v) is 4.63. The molecule has 0 fully saturated rings. The van der Waals surface area contributed by atoms with Crippen molar-refractivity contribution < 1.29 is 0 Å². The lowest BCUT2D eigenvalue weighted by Gasteiger charge is -1.96. The molecule has 0 aromatic rings. The fourth-order valence-corrected chi connectivity index (χ4v) is 0.901. The zero-order valence-corrected chi connectivity index (χ0v) is 8.21. The second-order valence-electron chi connectivity index (χ2n) is 2.88. The van der Waals surface area contributed by atoms with Crippen LogP contribution in [-0.4, -0.2) is 6.21 Å². The first kappa shape index (κ1) is 11.2. The number of hydrogen-bond acceptors (Lipinski definition) is 1. The van der Waals surface area contributed by atoms with E-state index in [0.717, 1.165) is 12.0 Å². The van der Waals surface area contributed by atoms with Gasteiger partial charge in [-0.05, 0) is 25.3 Å². The molecule has 0 radical (unpaired) electrons. The average molecular weight is 165 g/mol. The van der Waals surface area contributed by atoms with Crippen LogP contribution in [0.2, 0.25) is 0 Å². The Hall–Kier alpha value is -0.850. The van der Waals surface area contributed by atoms with Crippen LogP contribution in [0, 0.1) is 0 Å². The summed E-state index contributed by atoms with van der Waals surface area (Å²) in [7, 11) is 0. The zero-order chi connectivity index (χ0) is 9.23. The quantitative estimate of drug-likeness (QED) is 0.420. The SMILES string of the molecule is C=C(/C=N\C=C/C)CCCCC. The van der Waals surface area contributed by atoms with E-state index in [-0.39, 0.29) is 0 Å². The van der Waals surface area contributed by atoms with Crippen molar-refractivity contribution in [3.8, 4) is 0 Å². The Labute approximate surface area is 75.9 Å². The lowest BCUT2D eigenvalue weighted by atomic mass is 10.1. The number of rotatable bonds is 6. The maximum Gasteiger partial charge on any atom is 0.0293 e. The highest BCUT2D eigenvalue weighted by Gasteiger charge is 1.88. The van der Waals surface area contributed by atoms with E-state index < -0.39 is 0 Å². The van der Waals surface area contributed by atoms with E-state index in [4.69, 9.17) is 0 Å². The molecule has 0 atom stereocenters. The van der Waals surface area contributed by atoms with E-state index in [9.17, 15) is 0 Å². The van der Waals surface area contributed by atoms with E-state index in [2.05, 4.69) is 18.5 Å². The van der Waals surface area contributed by atoms with Gasteiger partial charge in [0.15, 0.2) is 0 Å². The molecule has 0 aliphatic rings. The number of nitrogens with zero attached hydrogens (tertiary/aromatic N) is 1. The molecule has 0 N–H and O–H groups in total. The summed E-state index contributed by atoms with van der Waals surface area (Å²) in [5, 5.41) is 0. The van der Waals surface area contributed by atoms with Gasteiger partial charge in [-0.2, -0.15) is 0 Å². The van der Waals surface area contributed by atoms with Crippen molar-refractivity contribution in [2.45, 2.75) is 39.5 Å². The largest absolute Gasteiger partial charge is 0.265 e. The minimum Gasteiger partial charge on any atom is -0.265 e. The van der Waals surface area contributed by atoms with Gasteiger partial charge in [-0.3, -0.25) is 4.99 Å². The van der Waals surface area contributed by atoms with E-state index in [0.29, 0.717) is 0 Å². The molecule has 0 aromatic heterocycles. The average Bonchev–Trinajstić information content (AvgIpc) is 2.06. The molecule has 0 aliphatic carbocycles. The number of hydrogen-bond donors (Lipinski definition) is 0. The molecule has 1 heteroatoms. The Morgan fingerprint density at radius 1 is 1.42 bits per heavy atom. The smallest absolute Gasteiger partial charge is 0.0293 e. The van der Waals surface area contributed by atoms with Gasteiger partial charge in [0, 0.05) is 12.4 Å². The Kier molecular flexibility index (Phi) is 7.66. The monoisotopic (exact) mass is 165 g/mol. The van der Waals surface area contributed by atoms with Gasteiger partial charge < -0.3 is 0 Å². The van der Waals surface area contributed by atoms with Crippen LogP contribution < -0.4 is 0 Å². The molecule has 0 saturated heterocycles. The molecule has 0 unspecified atom stereocenters. The van der Waals surface area contributed by atoms with Gasteiger partial charge in [0.2, 0.25) is 0 Å². The highest BCUT2D eigenvalue weighted by atomic mass is 14.7. The third-order valence-corrected chi connectivity index (χ3v) is 1.59. The zero-order valence-electron chi connectivity index (χ0n) is 8.21. The maximum atomic E-state index is 4.06. The van der Waals surface area contributed by atoms with Gasteiger partial charge in [0.25, 0.3) is 0 Å². The number of aliphatic imine (C=N–C) groups is 1. The lowest BCUT2D eigenvalue weighted by Crippen LogP contribution is -1.82. The summed E-state index contributed by atoms with van der Waals surface area (Å²) < 4.78 is 0. The molecule has 0 aliphatic heterocycles. The molecule has 1 nitrogen and oxygen atoms in total. The van der Waals surface area contributed by atoms with Crippen LogP contribution in [0.4, 0.5) is 0 Å². The molecule has 68 valence electrons. The molecular weight excluding hydrogens is 146 g/mol. The molecule has 0 bridgehead atoms. The fraction of sp³-hybridized carbons (Fsp3) is 0.545. The van der Waals surface area contributed by atoms with Crippen molar-refractivity contribution in [2.75, 3.05) is 0 Å². The van der Waals surface area contributed by atoms with Crippen LogP contribution in [0.15, 0.2) is 29.4 Å². The summed E-state index contributed by atoms with van der Waals surface area (Å²) in [6.07, 6.45) is 10.4. The van der Waals surface area contributed by atoms with Gasteiger partial charge in [-0.15, -0.1) is 0 Å². The Morgan fingerprint density at radius 2 is 2.17 bits per heavy atom. The van der Waals surface area contributed by atoms with Crippen molar-refractivity contribution >= 4 is 6.21 Å². The van der Waals surface area contributed by atoms with E-state index >= 15 is 0 Å². The topological polar surface area (TPSA) is 12.4 Å². The maximum absolute atomic E-state index is 4.06. The highest BCUT2D eigenvalue weighted by molar-refractivity contribution is 5.77. The van der Waals surface area contributed by atoms with Gasteiger partial charge in [0.1, 0.15) is 0 Å². The molecule has 0 saturated carbocycles. The molecular formula is C11H19N. The molecule has 0 amide bonds. The van der Waals surface area contributed by atoms with Gasteiger partial charge in [-0.25, -0.2) is 0 Å². The summed E-state index contributed by atoms with van der Waals surface area (Å²) in [6.45, 7) is 8.08. The predicted molar refractivity (Wildman–Crippen MR) is 56.6 cm³/mol. The standard InChI is InChI=1S/C11H19N/c1-4-6-7-8-11(3)10-12-9-5-2/h5,9-10H,3-4,6-8H2,1-2H3/b9-5-,12-10-. The molecule has 0 heterocycles. The van der Waals surface area contributed by atoms with Crippen LogP contribution in [0.5, 0.6) is 0 Å². The van der Waals surface area contributed by atoms with E-state index in [1.807, 2.05) is 19.2 Å². The Morgan fingerprint density at radius 3 is 2.75 bits per heavy atom. The van der Waals surface area contributed by atoms with Crippen LogP contribution in [0.3, 0.4) is 0 Å². The van der Waals surface area contributed by atoms with Crippen molar-refractivity contribution in [3.63, 3.8) is 0 Å². The van der Waals surface area contributed by atoms with Crippen LogP contribution >= 0.6 is 0 Å². The lowest BCUT2D eigenvalue weighted by molar-refractivity contribution is 0.724. The summed E-state index contributed by atoms with van der Waals surface area (Å²) in [6, 6.07) is 0. The van der Waals surface area contributed by atoms with Crippen LogP contribution in [0.25, 0.3) is 0 Å². The van der Waals surface area contributed by atoms with Crippen molar-refractivity contribution in [3.05, 3.63) is 24.4 Å². The van der Waals surface area contributed by atoms with E-state index in [1.54, 1.807) is 6.20 Å². The minimum absolute atomic E-state index is 1.08. The second-order valence-corrected chi connectivity index (χ2v) is 2.88. The Bertz CT molecular complexity index is 166. The third-order valence-electron chi connectivity index (χ3n) is 1.59. The number of allylic oxidation sites excluding steroid dienone is 2. The van der Waals surface area contributed by atoms with Crippen LogP contribution in [0.1, 0.15) is 39.5 Å². The van der Waals surface area contributed by atoms with Crippen molar-refractivity contribution in [2.24, 2.45) is 4.99 Å². The molecule has 0 rings (SSSR count).